The fraction of sp³-hybridized carbons (Fsp3) is 0.0625. The summed E-state index contributed by atoms with van der Waals surface area (Å²) in [5.41, 5.74) is 3.20. The summed E-state index contributed by atoms with van der Waals surface area (Å²) in [6.07, 6.45) is 1.32. The molecule has 23 heavy (non-hydrogen) atoms. The molecule has 0 radical (unpaired) electrons. The lowest BCUT2D eigenvalue weighted by Crippen LogP contribution is -2.34. The van der Waals surface area contributed by atoms with Gasteiger partial charge >= 0.3 is 0 Å². The molecule has 0 atom stereocenters. The molecule has 0 aliphatic rings. The van der Waals surface area contributed by atoms with Crippen molar-refractivity contribution >= 4 is 34.0 Å². The lowest BCUT2D eigenvalue weighted by atomic mass is 10.2. The number of hydrogen-bond acceptors (Lipinski definition) is 4. The van der Waals surface area contributed by atoms with Gasteiger partial charge < -0.3 is 10.4 Å². The van der Waals surface area contributed by atoms with Gasteiger partial charge in [0, 0.05) is 15.6 Å². The van der Waals surface area contributed by atoms with Crippen LogP contribution in [0.1, 0.15) is 15.9 Å². The Labute approximate surface area is 141 Å². The average molecular weight is 376 g/mol. The van der Waals surface area contributed by atoms with Gasteiger partial charge in [0.05, 0.1) is 12.8 Å². The zero-order valence-corrected chi connectivity index (χ0v) is 13.6. The van der Waals surface area contributed by atoms with E-state index in [-0.39, 0.29) is 18.2 Å². The number of phenols is 1. The van der Waals surface area contributed by atoms with Crippen molar-refractivity contribution in [2.45, 2.75) is 0 Å². The Bertz CT molecular complexity index is 733. The minimum atomic E-state index is -0.472. The van der Waals surface area contributed by atoms with Crippen LogP contribution in [-0.2, 0) is 4.79 Å². The maximum Gasteiger partial charge on any atom is 0.259 e. The summed E-state index contributed by atoms with van der Waals surface area (Å²) in [5, 5.41) is 15.8. The Morgan fingerprint density at radius 2 is 1.91 bits per heavy atom. The summed E-state index contributed by atoms with van der Waals surface area (Å²) in [5.74, 6) is -0.766. The summed E-state index contributed by atoms with van der Waals surface area (Å²) in [6, 6.07) is 13.4. The monoisotopic (exact) mass is 375 g/mol. The van der Waals surface area contributed by atoms with Crippen LogP contribution in [0.4, 0.5) is 0 Å². The molecule has 0 aromatic heterocycles. The van der Waals surface area contributed by atoms with Crippen molar-refractivity contribution in [1.29, 1.82) is 0 Å². The number of benzene rings is 2. The third-order valence-electron chi connectivity index (χ3n) is 2.83. The number of hydrogen-bond donors (Lipinski definition) is 3. The standard InChI is InChI=1S/C16H14BrN3O3/c17-13-6-7-14(21)12(8-13)9-19-20-15(22)10-18-16(23)11-4-2-1-3-5-11/h1-9,21H,10H2,(H,18,23)(H,20,22)/b19-9+. The number of carbonyl (C=O) groups is 2. The molecule has 6 nitrogen and oxygen atoms in total. The molecule has 0 unspecified atom stereocenters. The van der Waals surface area contributed by atoms with Gasteiger partial charge in [-0.1, -0.05) is 34.1 Å². The predicted molar refractivity (Wildman–Crippen MR) is 90.3 cm³/mol. The van der Waals surface area contributed by atoms with Gasteiger partial charge in [-0.3, -0.25) is 9.59 Å². The van der Waals surface area contributed by atoms with Crippen LogP contribution >= 0.6 is 15.9 Å². The fourth-order valence-corrected chi connectivity index (χ4v) is 2.07. The lowest BCUT2D eigenvalue weighted by molar-refractivity contribution is -0.120. The number of amides is 2. The molecule has 2 rings (SSSR count). The molecule has 7 heteroatoms. The third-order valence-corrected chi connectivity index (χ3v) is 3.32. The highest BCUT2D eigenvalue weighted by molar-refractivity contribution is 9.10. The Kier molecular flexibility index (Phi) is 5.87. The van der Waals surface area contributed by atoms with Gasteiger partial charge in [-0.25, -0.2) is 5.43 Å². The molecule has 0 aliphatic heterocycles. The van der Waals surface area contributed by atoms with Crippen molar-refractivity contribution in [3.05, 3.63) is 64.1 Å². The number of rotatable bonds is 5. The molecule has 0 saturated heterocycles. The molecular weight excluding hydrogens is 362 g/mol. The smallest absolute Gasteiger partial charge is 0.259 e. The number of aromatic hydroxyl groups is 1. The highest BCUT2D eigenvalue weighted by Crippen LogP contribution is 2.19. The normalized spacial score (nSPS) is 10.5. The van der Waals surface area contributed by atoms with Crippen molar-refractivity contribution in [3.63, 3.8) is 0 Å². The second-order valence-corrected chi connectivity index (χ2v) is 5.46. The molecule has 0 aliphatic carbocycles. The molecule has 2 aromatic carbocycles. The molecule has 0 spiro atoms. The van der Waals surface area contributed by atoms with Crippen molar-refractivity contribution in [2.75, 3.05) is 6.54 Å². The van der Waals surface area contributed by atoms with Gasteiger partial charge in [0.15, 0.2) is 0 Å². The number of nitrogens with one attached hydrogen (secondary N) is 2. The van der Waals surface area contributed by atoms with Crippen molar-refractivity contribution < 1.29 is 14.7 Å². The summed E-state index contributed by atoms with van der Waals surface area (Å²) >= 11 is 3.27. The zero-order chi connectivity index (χ0) is 16.7. The number of hydrazone groups is 1. The first kappa shape index (κ1) is 16.7. The van der Waals surface area contributed by atoms with Crippen molar-refractivity contribution in [1.82, 2.24) is 10.7 Å². The minimum Gasteiger partial charge on any atom is -0.507 e. The largest absolute Gasteiger partial charge is 0.507 e. The van der Waals surface area contributed by atoms with E-state index in [1.807, 2.05) is 0 Å². The summed E-state index contributed by atoms with van der Waals surface area (Å²) in [7, 11) is 0. The molecule has 0 fully saturated rings. The van der Waals surface area contributed by atoms with Crippen LogP contribution in [0, 0.1) is 0 Å². The van der Waals surface area contributed by atoms with E-state index < -0.39 is 5.91 Å². The van der Waals surface area contributed by atoms with Crippen molar-refractivity contribution in [3.8, 4) is 5.75 Å². The van der Waals surface area contributed by atoms with E-state index >= 15 is 0 Å². The van der Waals surface area contributed by atoms with Crippen LogP contribution in [0.15, 0.2) is 58.1 Å². The van der Waals surface area contributed by atoms with Crippen LogP contribution in [0.5, 0.6) is 5.75 Å². The van der Waals surface area contributed by atoms with Gasteiger partial charge in [-0.2, -0.15) is 5.10 Å². The van der Waals surface area contributed by atoms with Crippen LogP contribution in [0.2, 0.25) is 0 Å². The topological polar surface area (TPSA) is 90.8 Å². The van der Waals surface area contributed by atoms with E-state index in [0.29, 0.717) is 11.1 Å². The van der Waals surface area contributed by atoms with E-state index in [1.165, 1.54) is 12.3 Å². The molecule has 2 amide bonds. The molecule has 0 heterocycles. The number of carbonyl (C=O) groups excluding carboxylic acids is 2. The Hall–Kier alpha value is -2.67. The summed E-state index contributed by atoms with van der Waals surface area (Å²) < 4.78 is 0.776. The Morgan fingerprint density at radius 3 is 2.65 bits per heavy atom. The first-order valence-electron chi connectivity index (χ1n) is 6.70. The molecule has 0 bridgehead atoms. The second kappa shape index (κ2) is 8.09. The molecule has 3 N–H and O–H groups in total. The highest BCUT2D eigenvalue weighted by atomic mass is 79.9. The van der Waals surface area contributed by atoms with Gasteiger partial charge in [0.1, 0.15) is 5.75 Å². The van der Waals surface area contributed by atoms with Crippen LogP contribution in [0.3, 0.4) is 0 Å². The minimum absolute atomic E-state index is 0.0450. The van der Waals surface area contributed by atoms with E-state index in [0.717, 1.165) is 4.47 Å². The summed E-state index contributed by atoms with van der Waals surface area (Å²) in [4.78, 5) is 23.4. The summed E-state index contributed by atoms with van der Waals surface area (Å²) in [6.45, 7) is -0.199. The first-order chi connectivity index (χ1) is 11.1. The highest BCUT2D eigenvalue weighted by Gasteiger charge is 2.06. The van der Waals surface area contributed by atoms with Crippen LogP contribution < -0.4 is 10.7 Å². The molecule has 0 saturated carbocycles. The van der Waals surface area contributed by atoms with E-state index in [9.17, 15) is 14.7 Å². The van der Waals surface area contributed by atoms with Gasteiger partial charge in [0.25, 0.3) is 11.8 Å². The predicted octanol–water partition coefficient (Wildman–Crippen LogP) is 2.03. The Morgan fingerprint density at radius 1 is 1.17 bits per heavy atom. The maximum atomic E-state index is 11.8. The number of nitrogens with zero attached hydrogens (tertiary/aromatic N) is 1. The zero-order valence-electron chi connectivity index (χ0n) is 12.0. The first-order valence-corrected chi connectivity index (χ1v) is 7.49. The van der Waals surface area contributed by atoms with Crippen LogP contribution in [-0.4, -0.2) is 29.7 Å². The molecular formula is C16H14BrN3O3. The van der Waals surface area contributed by atoms with Gasteiger partial charge in [0.2, 0.25) is 0 Å². The van der Waals surface area contributed by atoms with E-state index in [1.54, 1.807) is 42.5 Å². The SMILES string of the molecule is O=C(CNC(=O)c1ccccc1)N/N=C/c1cc(Br)ccc1O. The third kappa shape index (κ3) is 5.23. The van der Waals surface area contributed by atoms with Gasteiger partial charge in [-0.15, -0.1) is 0 Å². The van der Waals surface area contributed by atoms with Crippen LogP contribution in [0.25, 0.3) is 0 Å². The second-order valence-electron chi connectivity index (χ2n) is 4.55. The number of phenolic OH excluding ortho intramolecular Hbond substituents is 1. The van der Waals surface area contributed by atoms with Crippen molar-refractivity contribution in [2.24, 2.45) is 5.10 Å². The molecule has 118 valence electrons. The maximum absolute atomic E-state index is 11.8. The molecule has 2 aromatic rings. The number of halogens is 1. The Balaban J connectivity index is 1.82. The quantitative estimate of drug-likeness (QED) is 0.551. The van der Waals surface area contributed by atoms with E-state index in [4.69, 9.17) is 0 Å². The average Bonchev–Trinajstić information content (AvgIpc) is 2.56. The van der Waals surface area contributed by atoms with E-state index in [2.05, 4.69) is 31.8 Å². The lowest BCUT2D eigenvalue weighted by Gasteiger charge is -2.04. The fourth-order valence-electron chi connectivity index (χ4n) is 1.69. The van der Waals surface area contributed by atoms with Gasteiger partial charge in [-0.05, 0) is 30.3 Å².